The molecule has 52 valence electrons. The molecule has 7 N–H and O–H groups in total. The maximum atomic E-state index is 8.52. The maximum Gasteiger partial charge on any atom is 0.282 e. The molecule has 0 atom stereocenters. The molecular weight excluding hydrogens is 138 g/mol. The summed E-state index contributed by atoms with van der Waals surface area (Å²) in [6, 6.07) is 0. The van der Waals surface area contributed by atoms with E-state index in [1.807, 2.05) is 0 Å². The van der Waals surface area contributed by atoms with E-state index in [1.54, 1.807) is 0 Å². The number of hydrogen-bond donors (Lipinski definition) is 1. The van der Waals surface area contributed by atoms with Gasteiger partial charge in [0, 0.05) is 4.66 Å². The van der Waals surface area contributed by atoms with E-state index >= 15 is 0 Å². The summed E-state index contributed by atoms with van der Waals surface area (Å²) in [5.74, 6) is 0. The van der Waals surface area contributed by atoms with Crippen molar-refractivity contribution < 1.29 is 41.2 Å². The van der Waals surface area contributed by atoms with Gasteiger partial charge in [-0.1, -0.05) is 0 Å². The van der Waals surface area contributed by atoms with Gasteiger partial charge >= 0.3 is 18.9 Å². The van der Waals surface area contributed by atoms with Crippen LogP contribution in [-0.2, 0) is 0 Å². The summed E-state index contributed by atoms with van der Waals surface area (Å²) in [5, 5.41) is 0. The van der Waals surface area contributed by atoms with Crippen LogP contribution in [0.5, 0.6) is 0 Å². The first-order valence-electron chi connectivity index (χ1n) is 0.478. The van der Waals surface area contributed by atoms with Gasteiger partial charge in [0.1, 0.15) is 0 Å². The molecule has 0 bridgehead atoms. The Hall–Kier alpha value is 0.647. The van der Waals surface area contributed by atoms with Crippen molar-refractivity contribution in [2.24, 2.45) is 0 Å². The van der Waals surface area contributed by atoms with E-state index in [-0.39, 0.29) is 35.3 Å². The van der Waals surface area contributed by atoms with Crippen molar-refractivity contribution in [2.75, 3.05) is 0 Å². The Balaban J connectivity index is -0.00000000750. The molecule has 0 aromatic rings. The van der Waals surface area contributed by atoms with Crippen LogP contribution in [0.1, 0.15) is 0 Å². The molecule has 8 heavy (non-hydrogen) atoms. The molecule has 0 radical (unpaired) electrons. The van der Waals surface area contributed by atoms with Gasteiger partial charge in [0.25, 0.3) is 10.8 Å². The summed E-state index contributed by atoms with van der Waals surface area (Å²) in [4.78, 5) is 0. The van der Waals surface area contributed by atoms with Gasteiger partial charge in [-0.2, -0.15) is 0 Å². The second-order valence-corrected chi connectivity index (χ2v) is 0.603. The SMILES string of the molecule is O.O.O.[LiH].[O-][Cl+2]([O-])O. The molecular formula is H8ClLiO6. The summed E-state index contributed by atoms with van der Waals surface area (Å²) < 4.78 is 24.0. The van der Waals surface area contributed by atoms with Crippen LogP contribution in [0.4, 0.5) is 0 Å². The van der Waals surface area contributed by atoms with Gasteiger partial charge in [-0.15, -0.1) is 0 Å². The minimum Gasteiger partial charge on any atom is -0.321 e. The first-order chi connectivity index (χ1) is 1.73. The number of halogens is 1. The van der Waals surface area contributed by atoms with Crippen LogP contribution in [0.15, 0.2) is 0 Å². The zero-order chi connectivity index (χ0) is 3.58. The van der Waals surface area contributed by atoms with Crippen molar-refractivity contribution in [3.63, 3.8) is 0 Å². The van der Waals surface area contributed by atoms with E-state index in [0.29, 0.717) is 0 Å². The van der Waals surface area contributed by atoms with E-state index in [2.05, 4.69) is 0 Å². The number of rotatable bonds is 0. The third kappa shape index (κ3) is 506. The van der Waals surface area contributed by atoms with Crippen LogP contribution in [-0.4, -0.2) is 39.9 Å². The quantitative estimate of drug-likeness (QED) is 0.337. The fraction of sp³-hybridized carbons (Fsp3) is 0. The molecule has 0 aliphatic carbocycles. The second kappa shape index (κ2) is 25.4. The number of hydrogen-bond acceptors (Lipinski definition) is 3. The zero-order valence-electron chi connectivity index (χ0n) is 3.14. The first-order valence-corrected chi connectivity index (χ1v) is 1.43. The predicted octanol–water partition coefficient (Wildman–Crippen LogP) is -6.06. The molecule has 0 saturated carbocycles. The summed E-state index contributed by atoms with van der Waals surface area (Å²) in [6.07, 6.45) is 0. The Morgan fingerprint density at radius 2 is 1.00 bits per heavy atom. The van der Waals surface area contributed by atoms with Crippen molar-refractivity contribution in [3.05, 3.63) is 0 Å². The monoisotopic (exact) mass is 146 g/mol. The van der Waals surface area contributed by atoms with Gasteiger partial charge in [-0.3, -0.25) is 0 Å². The van der Waals surface area contributed by atoms with Gasteiger partial charge < -0.3 is 25.7 Å². The maximum absolute atomic E-state index is 8.52. The minimum absolute atomic E-state index is 0. The summed E-state index contributed by atoms with van der Waals surface area (Å²) in [6.45, 7) is 0. The Morgan fingerprint density at radius 3 is 1.00 bits per heavy atom. The van der Waals surface area contributed by atoms with E-state index in [1.165, 1.54) is 0 Å². The van der Waals surface area contributed by atoms with E-state index < -0.39 is 10.8 Å². The van der Waals surface area contributed by atoms with Gasteiger partial charge in [0.15, 0.2) is 0 Å². The fourth-order valence-electron chi connectivity index (χ4n) is 0. The largest absolute Gasteiger partial charge is 0.321 e. The molecule has 0 spiro atoms. The third-order valence-corrected chi connectivity index (χ3v) is 0. The average Bonchev–Trinajstić information content (AvgIpc) is 0.811. The van der Waals surface area contributed by atoms with Crippen molar-refractivity contribution in [3.8, 4) is 0 Å². The van der Waals surface area contributed by atoms with Crippen molar-refractivity contribution in [1.29, 1.82) is 0 Å². The smallest absolute Gasteiger partial charge is 0.282 e. The van der Waals surface area contributed by atoms with Crippen LogP contribution in [0, 0.1) is 10.8 Å². The Kier molecular flexibility index (Phi) is 121. The average molecular weight is 146 g/mol. The van der Waals surface area contributed by atoms with E-state index in [0.717, 1.165) is 0 Å². The van der Waals surface area contributed by atoms with Crippen molar-refractivity contribution >= 4 is 18.9 Å². The molecule has 0 fully saturated rings. The standard InChI is InChI=1S/ClHO3.Li.3H2O.H/c2-1(3)4;;;;;/h2H;;3*1H2;. The van der Waals surface area contributed by atoms with Gasteiger partial charge in [-0.25, -0.2) is 0 Å². The second-order valence-electron chi connectivity index (χ2n) is 0.201. The molecule has 0 unspecified atom stereocenters. The topological polar surface area (TPSA) is 161 Å². The molecule has 0 amide bonds. The molecule has 0 aliphatic rings. The molecule has 0 aromatic carbocycles. The zero-order valence-corrected chi connectivity index (χ0v) is 3.90. The Morgan fingerprint density at radius 1 is 1.00 bits per heavy atom. The summed E-state index contributed by atoms with van der Waals surface area (Å²) in [5.41, 5.74) is 0. The normalized spacial score (nSPS) is 4.50. The molecule has 8 heteroatoms. The molecule has 6 nitrogen and oxygen atoms in total. The third-order valence-electron chi connectivity index (χ3n) is 0. The van der Waals surface area contributed by atoms with Crippen LogP contribution in [0.2, 0.25) is 0 Å². The fourth-order valence-corrected chi connectivity index (χ4v) is 0. The van der Waals surface area contributed by atoms with E-state index in [4.69, 9.17) is 14.0 Å². The molecule has 0 aliphatic heterocycles. The van der Waals surface area contributed by atoms with E-state index in [9.17, 15) is 0 Å². The molecule has 0 rings (SSSR count). The first kappa shape index (κ1) is 38.0. The predicted molar refractivity (Wildman–Crippen MR) is 20.2 cm³/mol. The van der Waals surface area contributed by atoms with Gasteiger partial charge in [0.2, 0.25) is 0 Å². The van der Waals surface area contributed by atoms with Crippen LogP contribution in [0.25, 0.3) is 0 Å². The van der Waals surface area contributed by atoms with Gasteiger partial charge in [-0.05, 0) is 0 Å². The van der Waals surface area contributed by atoms with Crippen LogP contribution in [0.3, 0.4) is 0 Å². The minimum atomic E-state index is -2.60. The summed E-state index contributed by atoms with van der Waals surface area (Å²) in [7, 11) is -2.60. The van der Waals surface area contributed by atoms with Crippen molar-refractivity contribution in [2.45, 2.75) is 0 Å². The molecule has 0 saturated heterocycles. The van der Waals surface area contributed by atoms with Crippen molar-refractivity contribution in [1.82, 2.24) is 0 Å². The Labute approximate surface area is 60.6 Å². The Bertz CT molecular complexity index is 13.2. The van der Waals surface area contributed by atoms with Gasteiger partial charge in [0.05, 0.1) is 0 Å². The van der Waals surface area contributed by atoms with Crippen LogP contribution < -0.4 is 9.32 Å². The molecule has 0 heterocycles. The summed E-state index contributed by atoms with van der Waals surface area (Å²) >= 11 is 0. The molecule has 0 aromatic heterocycles. The van der Waals surface area contributed by atoms with Crippen LogP contribution >= 0.6 is 0 Å².